The molecule has 16 heavy (non-hydrogen) atoms. The molecule has 1 aliphatic heterocycles. The summed E-state index contributed by atoms with van der Waals surface area (Å²) < 4.78 is 0. The molecule has 2 heteroatoms. The second-order valence-electron chi connectivity index (χ2n) is 6.58. The monoisotopic (exact) mass is 224 g/mol. The van der Waals surface area contributed by atoms with Crippen molar-refractivity contribution >= 4 is 0 Å². The molecule has 94 valence electrons. The SMILES string of the molecule is CC(C)(C)N1CCNC(C2CCCCC2)C1. The van der Waals surface area contributed by atoms with Gasteiger partial charge < -0.3 is 5.32 Å². The van der Waals surface area contributed by atoms with Crippen molar-refractivity contribution in [2.24, 2.45) is 5.92 Å². The molecule has 2 fully saturated rings. The molecule has 0 radical (unpaired) electrons. The summed E-state index contributed by atoms with van der Waals surface area (Å²) in [6.07, 6.45) is 7.29. The Morgan fingerprint density at radius 1 is 1.06 bits per heavy atom. The number of nitrogens with zero attached hydrogens (tertiary/aromatic N) is 1. The lowest BCUT2D eigenvalue weighted by molar-refractivity contribution is 0.0719. The predicted octanol–water partition coefficient (Wildman–Crippen LogP) is 2.64. The van der Waals surface area contributed by atoms with Crippen molar-refractivity contribution in [3.8, 4) is 0 Å². The third-order valence-electron chi connectivity index (χ3n) is 4.37. The van der Waals surface area contributed by atoms with Gasteiger partial charge in [-0.05, 0) is 39.5 Å². The van der Waals surface area contributed by atoms with Crippen LogP contribution >= 0.6 is 0 Å². The molecule has 0 spiro atoms. The lowest BCUT2D eigenvalue weighted by Gasteiger charge is -2.45. The van der Waals surface area contributed by atoms with Crippen LogP contribution in [0, 0.1) is 5.92 Å². The Morgan fingerprint density at radius 2 is 1.75 bits per heavy atom. The minimum atomic E-state index is 0.342. The highest BCUT2D eigenvalue weighted by atomic mass is 15.2. The number of piperazine rings is 1. The Morgan fingerprint density at radius 3 is 2.38 bits per heavy atom. The van der Waals surface area contributed by atoms with Gasteiger partial charge in [0.15, 0.2) is 0 Å². The normalized spacial score (nSPS) is 30.6. The van der Waals surface area contributed by atoms with Crippen LogP contribution in [0.1, 0.15) is 52.9 Å². The molecule has 1 saturated carbocycles. The maximum atomic E-state index is 3.75. The Hall–Kier alpha value is -0.0800. The fourth-order valence-electron chi connectivity index (χ4n) is 3.24. The van der Waals surface area contributed by atoms with Gasteiger partial charge in [-0.2, -0.15) is 0 Å². The maximum Gasteiger partial charge on any atom is 0.0223 e. The van der Waals surface area contributed by atoms with Crippen molar-refractivity contribution in [3.63, 3.8) is 0 Å². The average Bonchev–Trinajstić information content (AvgIpc) is 2.29. The van der Waals surface area contributed by atoms with E-state index in [2.05, 4.69) is 31.0 Å². The molecule has 0 aromatic carbocycles. The van der Waals surface area contributed by atoms with Gasteiger partial charge in [0, 0.05) is 31.2 Å². The molecule has 0 bridgehead atoms. The van der Waals surface area contributed by atoms with Gasteiger partial charge in [0.1, 0.15) is 0 Å². The van der Waals surface area contributed by atoms with Crippen LogP contribution in [0.2, 0.25) is 0 Å². The molecular formula is C14H28N2. The molecular weight excluding hydrogens is 196 g/mol. The summed E-state index contributed by atoms with van der Waals surface area (Å²) in [5.41, 5.74) is 0.342. The van der Waals surface area contributed by atoms with Crippen LogP contribution < -0.4 is 5.32 Å². The molecule has 1 aliphatic carbocycles. The van der Waals surface area contributed by atoms with Gasteiger partial charge >= 0.3 is 0 Å². The van der Waals surface area contributed by atoms with E-state index in [1.807, 2.05) is 0 Å². The van der Waals surface area contributed by atoms with Gasteiger partial charge in [0.2, 0.25) is 0 Å². The van der Waals surface area contributed by atoms with E-state index in [4.69, 9.17) is 0 Å². The van der Waals surface area contributed by atoms with Crippen LogP contribution in [-0.2, 0) is 0 Å². The van der Waals surface area contributed by atoms with Crippen molar-refractivity contribution in [3.05, 3.63) is 0 Å². The van der Waals surface area contributed by atoms with Crippen LogP contribution in [0.4, 0.5) is 0 Å². The van der Waals surface area contributed by atoms with Crippen LogP contribution in [0.3, 0.4) is 0 Å². The fourth-order valence-corrected chi connectivity index (χ4v) is 3.24. The lowest BCUT2D eigenvalue weighted by Crippen LogP contribution is -2.58. The van der Waals surface area contributed by atoms with Crippen molar-refractivity contribution < 1.29 is 0 Å². The van der Waals surface area contributed by atoms with Gasteiger partial charge in [0.25, 0.3) is 0 Å². The molecule has 2 rings (SSSR count). The standard InChI is InChI=1S/C14H28N2/c1-14(2,3)16-10-9-15-13(11-16)12-7-5-4-6-8-12/h12-13,15H,4-11H2,1-3H3. The molecule has 1 atom stereocenters. The molecule has 1 N–H and O–H groups in total. The van der Waals surface area contributed by atoms with Gasteiger partial charge in [-0.1, -0.05) is 19.3 Å². The van der Waals surface area contributed by atoms with E-state index in [1.165, 1.54) is 51.7 Å². The summed E-state index contributed by atoms with van der Waals surface area (Å²) in [7, 11) is 0. The topological polar surface area (TPSA) is 15.3 Å². The molecule has 0 aromatic rings. The summed E-state index contributed by atoms with van der Waals surface area (Å²) in [5, 5.41) is 3.75. The smallest absolute Gasteiger partial charge is 0.0223 e. The van der Waals surface area contributed by atoms with Crippen LogP contribution in [0.5, 0.6) is 0 Å². The van der Waals surface area contributed by atoms with Crippen molar-refractivity contribution in [2.75, 3.05) is 19.6 Å². The molecule has 0 amide bonds. The summed E-state index contributed by atoms with van der Waals surface area (Å²) in [4.78, 5) is 2.66. The van der Waals surface area contributed by atoms with Gasteiger partial charge in [0.05, 0.1) is 0 Å². The molecule has 1 unspecified atom stereocenters. The summed E-state index contributed by atoms with van der Waals surface area (Å²) in [6, 6.07) is 0.758. The minimum Gasteiger partial charge on any atom is -0.311 e. The lowest BCUT2D eigenvalue weighted by atomic mass is 9.82. The summed E-state index contributed by atoms with van der Waals surface area (Å²) in [5.74, 6) is 0.943. The largest absolute Gasteiger partial charge is 0.311 e. The summed E-state index contributed by atoms with van der Waals surface area (Å²) >= 11 is 0. The zero-order chi connectivity index (χ0) is 11.6. The third kappa shape index (κ3) is 2.98. The fraction of sp³-hybridized carbons (Fsp3) is 1.00. The molecule has 2 aliphatic rings. The first-order valence-corrected chi connectivity index (χ1v) is 7.06. The zero-order valence-corrected chi connectivity index (χ0v) is 11.3. The van der Waals surface area contributed by atoms with E-state index in [-0.39, 0.29) is 0 Å². The van der Waals surface area contributed by atoms with Crippen molar-refractivity contribution in [2.45, 2.75) is 64.5 Å². The van der Waals surface area contributed by atoms with Gasteiger partial charge in [-0.3, -0.25) is 4.90 Å². The van der Waals surface area contributed by atoms with E-state index >= 15 is 0 Å². The predicted molar refractivity (Wildman–Crippen MR) is 69.7 cm³/mol. The van der Waals surface area contributed by atoms with Crippen LogP contribution in [-0.4, -0.2) is 36.1 Å². The first-order chi connectivity index (χ1) is 7.57. The van der Waals surface area contributed by atoms with Crippen molar-refractivity contribution in [1.82, 2.24) is 10.2 Å². The number of rotatable bonds is 1. The van der Waals surface area contributed by atoms with E-state index in [0.717, 1.165) is 12.0 Å². The quantitative estimate of drug-likeness (QED) is 0.736. The van der Waals surface area contributed by atoms with Crippen molar-refractivity contribution in [1.29, 1.82) is 0 Å². The Bertz CT molecular complexity index is 213. The molecule has 1 saturated heterocycles. The third-order valence-corrected chi connectivity index (χ3v) is 4.37. The minimum absolute atomic E-state index is 0.342. The molecule has 2 nitrogen and oxygen atoms in total. The number of hydrogen-bond acceptors (Lipinski definition) is 2. The number of hydrogen-bond donors (Lipinski definition) is 1. The maximum absolute atomic E-state index is 3.75. The summed E-state index contributed by atoms with van der Waals surface area (Å²) in [6.45, 7) is 10.7. The van der Waals surface area contributed by atoms with Crippen LogP contribution in [0.15, 0.2) is 0 Å². The van der Waals surface area contributed by atoms with E-state index in [1.54, 1.807) is 0 Å². The second kappa shape index (κ2) is 5.05. The van der Waals surface area contributed by atoms with Gasteiger partial charge in [-0.15, -0.1) is 0 Å². The highest BCUT2D eigenvalue weighted by molar-refractivity contribution is 4.90. The number of nitrogens with one attached hydrogen (secondary N) is 1. The first kappa shape index (κ1) is 12.4. The highest BCUT2D eigenvalue weighted by Gasteiger charge is 2.31. The molecule has 0 aromatic heterocycles. The highest BCUT2D eigenvalue weighted by Crippen LogP contribution is 2.29. The second-order valence-corrected chi connectivity index (χ2v) is 6.58. The first-order valence-electron chi connectivity index (χ1n) is 7.06. The Balaban J connectivity index is 1.90. The van der Waals surface area contributed by atoms with Crippen LogP contribution in [0.25, 0.3) is 0 Å². The Labute approximate surface area is 101 Å². The van der Waals surface area contributed by atoms with E-state index in [0.29, 0.717) is 5.54 Å². The zero-order valence-electron chi connectivity index (χ0n) is 11.3. The average molecular weight is 224 g/mol. The van der Waals surface area contributed by atoms with E-state index in [9.17, 15) is 0 Å². The molecule has 1 heterocycles. The Kier molecular flexibility index (Phi) is 3.91. The van der Waals surface area contributed by atoms with Gasteiger partial charge in [-0.25, -0.2) is 0 Å². The van der Waals surface area contributed by atoms with E-state index < -0.39 is 0 Å².